The van der Waals surface area contributed by atoms with Crippen molar-refractivity contribution >= 4 is 22.7 Å². The number of esters is 2. The van der Waals surface area contributed by atoms with Crippen LogP contribution < -0.4 is 0 Å². The lowest BCUT2D eigenvalue weighted by molar-refractivity contribution is -0.155. The van der Waals surface area contributed by atoms with Crippen LogP contribution in [0.15, 0.2) is 42.5 Å². The summed E-state index contributed by atoms with van der Waals surface area (Å²) in [6.07, 6.45) is 4.24. The van der Waals surface area contributed by atoms with Crippen LogP contribution in [0.3, 0.4) is 0 Å². The van der Waals surface area contributed by atoms with Crippen LogP contribution >= 0.6 is 0 Å². The third-order valence-corrected chi connectivity index (χ3v) is 5.01. The molecule has 0 bridgehead atoms. The summed E-state index contributed by atoms with van der Waals surface area (Å²) in [5.74, 6) is 0.0506. The summed E-state index contributed by atoms with van der Waals surface area (Å²) in [4.78, 5) is 23.8. The van der Waals surface area contributed by atoms with Gasteiger partial charge in [0.05, 0.1) is 12.8 Å². The van der Waals surface area contributed by atoms with Crippen molar-refractivity contribution in [3.05, 3.63) is 48.0 Å². The number of carbonyl (C=O) groups is 2. The molecule has 2 aromatic carbocycles. The summed E-state index contributed by atoms with van der Waals surface area (Å²) in [6, 6.07) is 14.0. The zero-order valence-electron chi connectivity index (χ0n) is 15.3. The number of rotatable bonds is 6. The zero-order chi connectivity index (χ0) is 18.4. The summed E-state index contributed by atoms with van der Waals surface area (Å²) >= 11 is 0. The molecular formula is C22H26O4. The Morgan fingerprint density at radius 1 is 0.923 bits per heavy atom. The van der Waals surface area contributed by atoms with Gasteiger partial charge in [0.2, 0.25) is 0 Å². The van der Waals surface area contributed by atoms with Gasteiger partial charge >= 0.3 is 11.9 Å². The molecule has 4 nitrogen and oxygen atoms in total. The van der Waals surface area contributed by atoms with Gasteiger partial charge in [-0.25, -0.2) is 0 Å². The highest BCUT2D eigenvalue weighted by Gasteiger charge is 2.21. The Hall–Kier alpha value is -2.36. The second-order valence-electron chi connectivity index (χ2n) is 7.21. The molecule has 0 aromatic heterocycles. The molecule has 0 N–H and O–H groups in total. The number of ether oxygens (including phenoxy) is 2. The fourth-order valence-corrected chi connectivity index (χ4v) is 3.36. The Labute approximate surface area is 154 Å². The molecule has 26 heavy (non-hydrogen) atoms. The fourth-order valence-electron chi connectivity index (χ4n) is 3.36. The predicted octanol–water partition coefficient (Wildman–Crippen LogP) is 4.79. The lowest BCUT2D eigenvalue weighted by Gasteiger charge is -2.25. The van der Waals surface area contributed by atoms with Gasteiger partial charge in [-0.05, 0) is 54.0 Å². The van der Waals surface area contributed by atoms with Crippen molar-refractivity contribution in [2.24, 2.45) is 5.92 Å². The van der Waals surface area contributed by atoms with Crippen molar-refractivity contribution in [1.82, 2.24) is 0 Å². The van der Waals surface area contributed by atoms with Gasteiger partial charge in [-0.3, -0.25) is 9.59 Å². The minimum Gasteiger partial charge on any atom is -0.462 e. The van der Waals surface area contributed by atoms with Crippen LogP contribution in [0.25, 0.3) is 10.8 Å². The molecule has 0 saturated heterocycles. The molecule has 1 saturated carbocycles. The topological polar surface area (TPSA) is 52.6 Å². The summed E-state index contributed by atoms with van der Waals surface area (Å²) in [7, 11) is 0. The maximum absolute atomic E-state index is 11.9. The molecular weight excluding hydrogens is 328 g/mol. The number of benzene rings is 2. The van der Waals surface area contributed by atoms with E-state index in [9.17, 15) is 9.59 Å². The Morgan fingerprint density at radius 3 is 2.38 bits per heavy atom. The molecule has 1 aliphatic carbocycles. The summed E-state index contributed by atoms with van der Waals surface area (Å²) in [6.45, 7) is 2.45. The Kier molecular flexibility index (Phi) is 6.26. The van der Waals surface area contributed by atoms with Crippen molar-refractivity contribution in [1.29, 1.82) is 0 Å². The average Bonchev–Trinajstić information content (AvgIpc) is 2.66. The standard InChI is InChI=1S/C22H26O4/c1-16-6-10-20(11-7-16)26-22(24)13-12-21(23)25-15-17-8-9-18-4-2-3-5-19(18)14-17/h2-5,8-9,14,16,20H,6-7,10-13,15H2,1H3. The Bertz CT molecular complexity index is 760. The number of hydrogen-bond donors (Lipinski definition) is 0. The van der Waals surface area contributed by atoms with Gasteiger partial charge in [-0.15, -0.1) is 0 Å². The van der Waals surface area contributed by atoms with Crippen LogP contribution in [0.4, 0.5) is 0 Å². The highest BCUT2D eigenvalue weighted by Crippen LogP contribution is 2.25. The summed E-state index contributed by atoms with van der Waals surface area (Å²) in [5.41, 5.74) is 0.941. The van der Waals surface area contributed by atoms with E-state index < -0.39 is 0 Å². The summed E-state index contributed by atoms with van der Waals surface area (Å²) < 4.78 is 10.7. The summed E-state index contributed by atoms with van der Waals surface area (Å²) in [5, 5.41) is 2.27. The normalized spacial score (nSPS) is 19.9. The van der Waals surface area contributed by atoms with E-state index in [2.05, 4.69) is 6.92 Å². The Morgan fingerprint density at radius 2 is 1.62 bits per heavy atom. The number of carbonyl (C=O) groups excluding carboxylic acids is 2. The van der Waals surface area contributed by atoms with Gasteiger partial charge in [0, 0.05) is 0 Å². The van der Waals surface area contributed by atoms with Crippen LogP contribution in [-0.2, 0) is 25.7 Å². The van der Waals surface area contributed by atoms with E-state index in [1.54, 1.807) is 0 Å². The van der Waals surface area contributed by atoms with E-state index in [0.29, 0.717) is 0 Å². The van der Waals surface area contributed by atoms with Crippen LogP contribution in [0.2, 0.25) is 0 Å². The maximum atomic E-state index is 11.9. The minimum absolute atomic E-state index is 0.0207. The maximum Gasteiger partial charge on any atom is 0.306 e. The van der Waals surface area contributed by atoms with Crippen LogP contribution in [0.1, 0.15) is 51.0 Å². The van der Waals surface area contributed by atoms with Crippen molar-refractivity contribution in [3.63, 3.8) is 0 Å². The Balaban J connectivity index is 1.38. The van der Waals surface area contributed by atoms with E-state index in [1.165, 1.54) is 0 Å². The van der Waals surface area contributed by atoms with Gasteiger partial charge in [-0.1, -0.05) is 43.3 Å². The lowest BCUT2D eigenvalue weighted by atomic mass is 9.89. The van der Waals surface area contributed by atoms with E-state index in [4.69, 9.17) is 9.47 Å². The van der Waals surface area contributed by atoms with Gasteiger partial charge in [0.15, 0.2) is 0 Å². The van der Waals surface area contributed by atoms with Gasteiger partial charge < -0.3 is 9.47 Å². The quantitative estimate of drug-likeness (QED) is 0.700. The molecule has 4 heteroatoms. The molecule has 1 aliphatic rings. The van der Waals surface area contributed by atoms with Crippen LogP contribution in [0.5, 0.6) is 0 Å². The first-order chi connectivity index (χ1) is 12.6. The predicted molar refractivity (Wildman–Crippen MR) is 100 cm³/mol. The van der Waals surface area contributed by atoms with Crippen molar-refractivity contribution in [2.45, 2.75) is 58.2 Å². The molecule has 0 heterocycles. The lowest BCUT2D eigenvalue weighted by Crippen LogP contribution is -2.24. The third kappa shape index (κ3) is 5.32. The molecule has 0 spiro atoms. The first-order valence-electron chi connectivity index (χ1n) is 9.43. The van der Waals surface area contributed by atoms with Crippen molar-refractivity contribution < 1.29 is 19.1 Å². The molecule has 0 atom stereocenters. The van der Waals surface area contributed by atoms with Crippen molar-refractivity contribution in [3.8, 4) is 0 Å². The first-order valence-corrected chi connectivity index (χ1v) is 9.43. The average molecular weight is 354 g/mol. The highest BCUT2D eigenvalue weighted by atomic mass is 16.5. The molecule has 3 rings (SSSR count). The minimum atomic E-state index is -0.368. The molecule has 0 unspecified atom stereocenters. The molecule has 0 radical (unpaired) electrons. The van der Waals surface area contributed by atoms with Crippen LogP contribution in [-0.4, -0.2) is 18.0 Å². The SMILES string of the molecule is CC1CCC(OC(=O)CCC(=O)OCc2ccc3ccccc3c2)CC1. The van der Waals surface area contributed by atoms with E-state index >= 15 is 0 Å². The van der Waals surface area contributed by atoms with Gasteiger partial charge in [0.25, 0.3) is 0 Å². The van der Waals surface area contributed by atoms with E-state index in [-0.39, 0.29) is 37.5 Å². The second-order valence-corrected chi connectivity index (χ2v) is 7.21. The number of fused-ring (bicyclic) bond motifs is 1. The van der Waals surface area contributed by atoms with Crippen molar-refractivity contribution in [2.75, 3.05) is 0 Å². The smallest absolute Gasteiger partial charge is 0.306 e. The largest absolute Gasteiger partial charge is 0.462 e. The third-order valence-electron chi connectivity index (χ3n) is 5.01. The zero-order valence-corrected chi connectivity index (χ0v) is 15.3. The molecule has 2 aromatic rings. The molecule has 0 amide bonds. The van der Waals surface area contributed by atoms with Gasteiger partial charge in [0.1, 0.15) is 12.7 Å². The molecule has 138 valence electrons. The second kappa shape index (κ2) is 8.84. The van der Waals surface area contributed by atoms with E-state index in [0.717, 1.165) is 47.9 Å². The monoisotopic (exact) mass is 354 g/mol. The molecule has 0 aliphatic heterocycles. The first kappa shape index (κ1) is 18.4. The van der Waals surface area contributed by atoms with E-state index in [1.807, 2.05) is 42.5 Å². The number of hydrogen-bond acceptors (Lipinski definition) is 4. The highest BCUT2D eigenvalue weighted by molar-refractivity contribution is 5.83. The fraction of sp³-hybridized carbons (Fsp3) is 0.455. The molecule has 1 fully saturated rings. The van der Waals surface area contributed by atoms with Gasteiger partial charge in [-0.2, -0.15) is 0 Å². The van der Waals surface area contributed by atoms with Crippen LogP contribution in [0, 0.1) is 5.92 Å².